The average molecular weight is 500 g/mol. The summed E-state index contributed by atoms with van der Waals surface area (Å²) in [5.41, 5.74) is 12.9. The number of nitrogens with two attached hydrogens (primary N) is 1. The molecule has 0 saturated carbocycles. The van der Waals surface area contributed by atoms with Crippen molar-refractivity contribution >= 4 is 22.5 Å². The Balaban J connectivity index is 1.58. The van der Waals surface area contributed by atoms with Crippen LogP contribution in [0.5, 0.6) is 11.5 Å². The fourth-order valence-electron chi connectivity index (χ4n) is 5.10. The van der Waals surface area contributed by atoms with Gasteiger partial charge in [0.25, 0.3) is 0 Å². The zero-order valence-corrected chi connectivity index (χ0v) is 21.5. The Labute approximate surface area is 215 Å². The van der Waals surface area contributed by atoms with Crippen molar-refractivity contribution in [3.8, 4) is 23.3 Å². The van der Waals surface area contributed by atoms with E-state index in [2.05, 4.69) is 6.07 Å². The molecule has 37 heavy (non-hydrogen) atoms. The summed E-state index contributed by atoms with van der Waals surface area (Å²) in [5, 5.41) is 10.7. The first kappa shape index (κ1) is 24.4. The number of ether oxygens (including phenoxy) is 2. The summed E-state index contributed by atoms with van der Waals surface area (Å²) in [6.45, 7) is 7.24. The zero-order chi connectivity index (χ0) is 26.3. The van der Waals surface area contributed by atoms with Crippen LogP contribution >= 0.6 is 0 Å². The molecule has 1 aliphatic rings. The van der Waals surface area contributed by atoms with Crippen molar-refractivity contribution in [2.24, 2.45) is 0 Å². The lowest BCUT2D eigenvalue weighted by molar-refractivity contribution is 0.303. The van der Waals surface area contributed by atoms with Gasteiger partial charge in [-0.1, -0.05) is 18.2 Å². The number of hydrogen-bond acceptors (Lipinski definition) is 6. The molecule has 1 aliphatic heterocycles. The van der Waals surface area contributed by atoms with Crippen LogP contribution in [0.2, 0.25) is 0 Å². The molecule has 2 aromatic carbocycles. The van der Waals surface area contributed by atoms with Gasteiger partial charge < -0.3 is 20.1 Å². The fraction of sp³-hybridized carbons (Fsp3) is 0.310. The van der Waals surface area contributed by atoms with E-state index in [1.807, 2.05) is 72.7 Å². The van der Waals surface area contributed by atoms with E-state index in [1.165, 1.54) is 0 Å². The van der Waals surface area contributed by atoms with Gasteiger partial charge in [0.2, 0.25) is 0 Å². The van der Waals surface area contributed by atoms with E-state index in [4.69, 9.17) is 20.2 Å². The molecule has 7 nitrogen and oxygen atoms in total. The molecule has 2 N–H and O–H groups in total. The maximum absolute atomic E-state index is 13.9. The topological polar surface area (TPSA) is 89.3 Å². The summed E-state index contributed by atoms with van der Waals surface area (Å²) in [4.78, 5) is 6.88. The minimum absolute atomic E-state index is 0.324. The van der Waals surface area contributed by atoms with Gasteiger partial charge in [0.1, 0.15) is 47.4 Å². The number of alkyl halides is 1. The molecule has 0 spiro atoms. The Bertz CT molecular complexity index is 1520. The van der Waals surface area contributed by atoms with E-state index in [0.29, 0.717) is 48.5 Å². The van der Waals surface area contributed by atoms with Crippen molar-refractivity contribution in [2.45, 2.75) is 40.0 Å². The quantitative estimate of drug-likeness (QED) is 0.375. The first-order valence-corrected chi connectivity index (χ1v) is 12.3. The van der Waals surface area contributed by atoms with Gasteiger partial charge in [-0.05, 0) is 62.6 Å². The van der Waals surface area contributed by atoms with Crippen molar-refractivity contribution in [1.29, 1.82) is 5.26 Å². The molecular weight excluding hydrogens is 469 g/mol. The van der Waals surface area contributed by atoms with Crippen LogP contribution in [0.15, 0.2) is 42.5 Å². The maximum Gasteiger partial charge on any atom is 0.147 e. The van der Waals surface area contributed by atoms with Crippen LogP contribution in [-0.4, -0.2) is 35.9 Å². The maximum atomic E-state index is 13.9. The molecule has 2 aromatic heterocycles. The highest BCUT2D eigenvalue weighted by molar-refractivity contribution is 5.94. The number of hydrogen-bond donors (Lipinski definition) is 1. The molecule has 5 rings (SSSR count). The summed E-state index contributed by atoms with van der Waals surface area (Å²) in [5.74, 6) is 1.83. The third kappa shape index (κ3) is 4.31. The monoisotopic (exact) mass is 499 g/mol. The highest BCUT2D eigenvalue weighted by atomic mass is 19.1. The van der Waals surface area contributed by atoms with Gasteiger partial charge in [-0.2, -0.15) is 5.26 Å². The second-order valence-electron chi connectivity index (χ2n) is 9.49. The van der Waals surface area contributed by atoms with Crippen LogP contribution < -0.4 is 20.1 Å². The average Bonchev–Trinajstić information content (AvgIpc) is 3.43. The number of aromatic nitrogens is 2. The van der Waals surface area contributed by atoms with E-state index in [1.54, 1.807) is 7.11 Å². The largest absolute Gasteiger partial charge is 0.497 e. The van der Waals surface area contributed by atoms with Gasteiger partial charge in [-0.3, -0.25) is 4.57 Å². The first-order chi connectivity index (χ1) is 17.8. The smallest absolute Gasteiger partial charge is 0.147 e. The molecule has 1 atom stereocenters. The van der Waals surface area contributed by atoms with Gasteiger partial charge in [-0.15, -0.1) is 0 Å². The number of aryl methyl sites for hydroxylation is 2. The molecule has 1 fully saturated rings. The summed E-state index contributed by atoms with van der Waals surface area (Å²) in [6, 6.07) is 15.9. The molecule has 0 amide bonds. The Morgan fingerprint density at radius 1 is 1.16 bits per heavy atom. The minimum Gasteiger partial charge on any atom is -0.497 e. The van der Waals surface area contributed by atoms with Crippen molar-refractivity contribution in [1.82, 2.24) is 9.55 Å². The Kier molecular flexibility index (Phi) is 6.38. The van der Waals surface area contributed by atoms with Gasteiger partial charge in [0.05, 0.1) is 24.2 Å². The van der Waals surface area contributed by atoms with Crippen molar-refractivity contribution < 1.29 is 13.9 Å². The number of rotatable bonds is 6. The highest BCUT2D eigenvalue weighted by Gasteiger charge is 2.27. The van der Waals surface area contributed by atoms with Crippen LogP contribution in [0.4, 0.5) is 15.9 Å². The molecule has 3 heterocycles. The lowest BCUT2D eigenvalue weighted by Crippen LogP contribution is -2.21. The van der Waals surface area contributed by atoms with E-state index in [-0.39, 0.29) is 0 Å². The zero-order valence-electron chi connectivity index (χ0n) is 21.5. The molecule has 0 radical (unpaired) electrons. The third-order valence-corrected chi connectivity index (χ3v) is 7.09. The molecular formula is C29H30FN5O2. The molecule has 8 heteroatoms. The molecule has 0 aliphatic carbocycles. The Hall–Kier alpha value is -4.25. The summed E-state index contributed by atoms with van der Waals surface area (Å²) in [7, 11) is 1.64. The number of anilines is 2. The number of nitrogens with zero attached hydrogens (tertiary/aromatic N) is 4. The third-order valence-electron chi connectivity index (χ3n) is 7.09. The van der Waals surface area contributed by atoms with Crippen molar-refractivity contribution in [3.63, 3.8) is 0 Å². The predicted molar refractivity (Wildman–Crippen MR) is 143 cm³/mol. The summed E-state index contributed by atoms with van der Waals surface area (Å²) in [6.07, 6.45) is -0.362. The summed E-state index contributed by atoms with van der Waals surface area (Å²) < 4.78 is 27.2. The molecule has 1 saturated heterocycles. The minimum atomic E-state index is -0.855. The van der Waals surface area contributed by atoms with E-state index < -0.39 is 6.17 Å². The molecule has 190 valence electrons. The lowest BCUT2D eigenvalue weighted by atomic mass is 10.1. The van der Waals surface area contributed by atoms with Gasteiger partial charge >= 0.3 is 0 Å². The number of benzene rings is 2. The Morgan fingerprint density at radius 3 is 2.57 bits per heavy atom. The summed E-state index contributed by atoms with van der Waals surface area (Å²) >= 11 is 0. The van der Waals surface area contributed by atoms with Crippen molar-refractivity contribution in [3.05, 3.63) is 70.4 Å². The fourth-order valence-corrected chi connectivity index (χ4v) is 5.10. The number of pyridine rings is 1. The number of halogens is 1. The Morgan fingerprint density at radius 2 is 1.92 bits per heavy atom. The van der Waals surface area contributed by atoms with Crippen LogP contribution in [-0.2, 0) is 6.61 Å². The van der Waals surface area contributed by atoms with E-state index in [0.717, 1.165) is 45.3 Å². The molecule has 4 aromatic rings. The highest BCUT2D eigenvalue weighted by Crippen LogP contribution is 2.38. The van der Waals surface area contributed by atoms with Gasteiger partial charge in [0, 0.05) is 24.0 Å². The van der Waals surface area contributed by atoms with Crippen molar-refractivity contribution in [2.75, 3.05) is 30.8 Å². The van der Waals surface area contributed by atoms with Gasteiger partial charge in [-0.25, -0.2) is 9.37 Å². The van der Waals surface area contributed by atoms with E-state index in [9.17, 15) is 9.65 Å². The number of nitrogen functional groups attached to an aromatic ring is 1. The first-order valence-electron chi connectivity index (χ1n) is 12.3. The predicted octanol–water partition coefficient (Wildman–Crippen LogP) is 5.54. The van der Waals surface area contributed by atoms with Crippen LogP contribution in [0.1, 0.15) is 34.4 Å². The normalized spacial score (nSPS) is 15.2. The number of fused-ring (bicyclic) bond motifs is 1. The number of methoxy groups -OCH3 is 1. The number of nitriles is 1. The van der Waals surface area contributed by atoms with Crippen LogP contribution in [0, 0.1) is 32.1 Å². The van der Waals surface area contributed by atoms with Crippen LogP contribution in [0.25, 0.3) is 16.7 Å². The standard InChI is InChI=1S/C29H30FN5O2/c1-17-5-10-26(37-16-20-6-8-22(36-4)9-7-20)18(2)27(17)35-28(32)24(14-31)23-13-25(19(3)33-29(23)35)34-12-11-21(30)15-34/h5-10,13,21H,11-12,15-16,32H2,1-4H3/t21-/m1/s1. The van der Waals surface area contributed by atoms with E-state index >= 15 is 0 Å². The SMILES string of the molecule is COc1ccc(COc2ccc(C)c(-n3c(N)c(C#N)c4cc(N5CC[C@@H](F)C5)c(C)nc43)c2C)cc1. The van der Waals surface area contributed by atoms with Crippen LogP contribution in [0.3, 0.4) is 0 Å². The molecule has 0 bridgehead atoms. The lowest BCUT2D eigenvalue weighted by Gasteiger charge is -2.20. The van der Waals surface area contributed by atoms with Gasteiger partial charge in [0.15, 0.2) is 0 Å². The molecule has 0 unspecified atom stereocenters. The second kappa shape index (κ2) is 9.66. The second-order valence-corrected chi connectivity index (χ2v) is 9.49.